The van der Waals surface area contributed by atoms with E-state index in [1.54, 1.807) is 28.4 Å². The molecule has 28 heavy (non-hydrogen) atoms. The van der Waals surface area contributed by atoms with Crippen LogP contribution in [0.25, 0.3) is 11.4 Å². The van der Waals surface area contributed by atoms with Gasteiger partial charge in [-0.3, -0.25) is 14.2 Å². The van der Waals surface area contributed by atoms with Crippen molar-refractivity contribution in [2.24, 2.45) is 0 Å². The molecule has 1 fully saturated rings. The monoisotopic (exact) mass is 418 g/mol. The van der Waals surface area contributed by atoms with Gasteiger partial charge in [-0.05, 0) is 34.5 Å². The van der Waals surface area contributed by atoms with Crippen molar-refractivity contribution in [1.82, 2.24) is 19.9 Å². The zero-order chi connectivity index (χ0) is 19.3. The second-order valence-electron chi connectivity index (χ2n) is 6.44. The van der Waals surface area contributed by atoms with Crippen LogP contribution in [0.15, 0.2) is 45.6 Å². The SMILES string of the molecule is O=C(COc1nc(-c2ccccc2Cl)no1)N1CCN(Cc2ccsc2)CC1. The van der Waals surface area contributed by atoms with Crippen LogP contribution in [-0.4, -0.2) is 58.6 Å². The van der Waals surface area contributed by atoms with Gasteiger partial charge in [0.05, 0.1) is 5.02 Å². The quantitative estimate of drug-likeness (QED) is 0.612. The molecule has 0 atom stereocenters. The molecular weight excluding hydrogens is 400 g/mol. The third-order valence-electron chi connectivity index (χ3n) is 4.55. The Balaban J connectivity index is 1.26. The maximum absolute atomic E-state index is 12.4. The second kappa shape index (κ2) is 8.72. The zero-order valence-corrected chi connectivity index (χ0v) is 16.7. The number of rotatable bonds is 6. The molecule has 1 aliphatic heterocycles. The number of carbonyl (C=O) groups excluding carboxylic acids is 1. The van der Waals surface area contributed by atoms with Crippen molar-refractivity contribution < 1.29 is 14.1 Å². The number of carbonyl (C=O) groups is 1. The van der Waals surface area contributed by atoms with E-state index in [4.69, 9.17) is 20.9 Å². The first-order chi connectivity index (χ1) is 13.7. The molecule has 0 N–H and O–H groups in total. The Hall–Kier alpha value is -2.42. The normalized spacial score (nSPS) is 15.0. The molecule has 1 amide bonds. The smallest absolute Gasteiger partial charge is 0.418 e. The van der Waals surface area contributed by atoms with E-state index in [1.165, 1.54) is 5.56 Å². The van der Waals surface area contributed by atoms with Gasteiger partial charge in [0.25, 0.3) is 5.91 Å². The molecule has 1 aromatic carbocycles. The van der Waals surface area contributed by atoms with E-state index in [2.05, 4.69) is 31.9 Å². The topological polar surface area (TPSA) is 71.7 Å². The first-order valence-electron chi connectivity index (χ1n) is 8.91. The highest BCUT2D eigenvalue weighted by atomic mass is 35.5. The maximum atomic E-state index is 12.4. The van der Waals surface area contributed by atoms with E-state index in [-0.39, 0.29) is 18.6 Å². The van der Waals surface area contributed by atoms with Gasteiger partial charge in [0, 0.05) is 38.3 Å². The van der Waals surface area contributed by atoms with Gasteiger partial charge in [0.2, 0.25) is 5.82 Å². The standard InChI is InChI=1S/C19H19ClN4O3S/c20-16-4-2-1-3-15(16)18-21-19(27-22-18)26-12-17(25)24-8-6-23(7-9-24)11-14-5-10-28-13-14/h1-5,10,13H,6-9,11-12H2. The fourth-order valence-corrected chi connectivity index (χ4v) is 3.91. The van der Waals surface area contributed by atoms with E-state index in [0.29, 0.717) is 29.5 Å². The molecule has 1 aliphatic rings. The summed E-state index contributed by atoms with van der Waals surface area (Å²) in [7, 11) is 0. The second-order valence-corrected chi connectivity index (χ2v) is 7.63. The number of aromatic nitrogens is 2. The first-order valence-corrected chi connectivity index (χ1v) is 10.2. The average Bonchev–Trinajstić information content (AvgIpc) is 3.39. The molecule has 0 radical (unpaired) electrons. The minimum Gasteiger partial charge on any atom is -0.439 e. The van der Waals surface area contributed by atoms with Crippen molar-refractivity contribution in [2.45, 2.75) is 6.54 Å². The van der Waals surface area contributed by atoms with Gasteiger partial charge >= 0.3 is 6.08 Å². The van der Waals surface area contributed by atoms with Crippen LogP contribution in [0.2, 0.25) is 5.02 Å². The lowest BCUT2D eigenvalue weighted by atomic mass is 10.2. The summed E-state index contributed by atoms with van der Waals surface area (Å²) in [4.78, 5) is 20.7. The number of benzene rings is 1. The Bertz CT molecular complexity index is 923. The maximum Gasteiger partial charge on any atom is 0.418 e. The number of halogens is 1. The number of hydrogen-bond donors (Lipinski definition) is 0. The number of piperazine rings is 1. The summed E-state index contributed by atoms with van der Waals surface area (Å²) < 4.78 is 10.5. The fraction of sp³-hybridized carbons (Fsp3) is 0.316. The van der Waals surface area contributed by atoms with Crippen LogP contribution < -0.4 is 4.74 Å². The van der Waals surface area contributed by atoms with E-state index < -0.39 is 0 Å². The fourth-order valence-electron chi connectivity index (χ4n) is 3.03. The summed E-state index contributed by atoms with van der Waals surface area (Å²) in [5.41, 5.74) is 1.97. The van der Waals surface area contributed by atoms with Gasteiger partial charge < -0.3 is 9.64 Å². The van der Waals surface area contributed by atoms with Crippen LogP contribution in [0.1, 0.15) is 5.56 Å². The van der Waals surface area contributed by atoms with Gasteiger partial charge in [-0.2, -0.15) is 16.3 Å². The lowest BCUT2D eigenvalue weighted by Gasteiger charge is -2.34. The molecule has 3 aromatic rings. The van der Waals surface area contributed by atoms with E-state index in [9.17, 15) is 4.79 Å². The number of amides is 1. The Kier molecular flexibility index (Phi) is 5.90. The van der Waals surface area contributed by atoms with E-state index >= 15 is 0 Å². The van der Waals surface area contributed by atoms with Crippen molar-refractivity contribution in [3.8, 4) is 17.5 Å². The molecule has 0 bridgehead atoms. The molecule has 7 nitrogen and oxygen atoms in total. The molecule has 0 aliphatic carbocycles. The highest BCUT2D eigenvalue weighted by molar-refractivity contribution is 7.07. The first kappa shape index (κ1) is 18.9. The van der Waals surface area contributed by atoms with Gasteiger partial charge in [0.1, 0.15) is 0 Å². The van der Waals surface area contributed by atoms with E-state index in [1.807, 2.05) is 12.1 Å². The van der Waals surface area contributed by atoms with Crippen molar-refractivity contribution in [1.29, 1.82) is 0 Å². The highest BCUT2D eigenvalue weighted by Gasteiger charge is 2.22. The molecule has 1 saturated heterocycles. The number of nitrogens with zero attached hydrogens (tertiary/aromatic N) is 4. The Labute approximate surface area is 171 Å². The third kappa shape index (κ3) is 4.52. The molecule has 4 rings (SSSR count). The summed E-state index contributed by atoms with van der Waals surface area (Å²) in [5, 5.41) is 8.62. The minimum atomic E-state index is -0.130. The molecule has 2 aromatic heterocycles. The number of thiophene rings is 1. The van der Waals surface area contributed by atoms with Crippen molar-refractivity contribution in [2.75, 3.05) is 32.8 Å². The molecule has 9 heteroatoms. The Morgan fingerprint density at radius 1 is 1.21 bits per heavy atom. The van der Waals surface area contributed by atoms with Crippen LogP contribution in [0.5, 0.6) is 6.08 Å². The van der Waals surface area contributed by atoms with Crippen LogP contribution in [0.3, 0.4) is 0 Å². The molecule has 3 heterocycles. The summed E-state index contributed by atoms with van der Waals surface area (Å²) in [6.45, 7) is 3.85. The lowest BCUT2D eigenvalue weighted by Crippen LogP contribution is -2.49. The summed E-state index contributed by atoms with van der Waals surface area (Å²) in [6.07, 6.45) is -0.0423. The largest absolute Gasteiger partial charge is 0.439 e. The average molecular weight is 419 g/mol. The molecule has 0 saturated carbocycles. The van der Waals surface area contributed by atoms with Crippen LogP contribution in [0.4, 0.5) is 0 Å². The molecule has 0 unspecified atom stereocenters. The van der Waals surface area contributed by atoms with Crippen LogP contribution >= 0.6 is 22.9 Å². The highest BCUT2D eigenvalue weighted by Crippen LogP contribution is 2.26. The summed E-state index contributed by atoms with van der Waals surface area (Å²) >= 11 is 7.83. The van der Waals surface area contributed by atoms with Crippen molar-refractivity contribution in [3.63, 3.8) is 0 Å². The van der Waals surface area contributed by atoms with E-state index in [0.717, 1.165) is 19.6 Å². The minimum absolute atomic E-state index is 0.0423. The van der Waals surface area contributed by atoms with Gasteiger partial charge in [-0.1, -0.05) is 28.9 Å². The Morgan fingerprint density at radius 3 is 2.79 bits per heavy atom. The number of ether oxygens (including phenoxy) is 1. The predicted octanol–water partition coefficient (Wildman–Crippen LogP) is 3.17. The third-order valence-corrected chi connectivity index (χ3v) is 5.61. The molecular formula is C19H19ClN4O3S. The molecule has 0 spiro atoms. The van der Waals surface area contributed by atoms with Gasteiger partial charge in [-0.15, -0.1) is 0 Å². The zero-order valence-electron chi connectivity index (χ0n) is 15.1. The van der Waals surface area contributed by atoms with Crippen molar-refractivity contribution in [3.05, 3.63) is 51.7 Å². The van der Waals surface area contributed by atoms with Crippen LogP contribution in [-0.2, 0) is 11.3 Å². The summed E-state index contributed by atoms with van der Waals surface area (Å²) in [5.74, 6) is 0.239. The van der Waals surface area contributed by atoms with Gasteiger partial charge in [-0.25, -0.2) is 0 Å². The predicted molar refractivity (Wildman–Crippen MR) is 106 cm³/mol. The van der Waals surface area contributed by atoms with Gasteiger partial charge in [0.15, 0.2) is 6.61 Å². The van der Waals surface area contributed by atoms with Crippen LogP contribution in [0, 0.1) is 0 Å². The Morgan fingerprint density at radius 2 is 2.04 bits per heavy atom. The lowest BCUT2D eigenvalue weighted by molar-refractivity contribution is -0.135. The number of hydrogen-bond acceptors (Lipinski definition) is 7. The van der Waals surface area contributed by atoms with Crippen molar-refractivity contribution >= 4 is 28.8 Å². The summed E-state index contributed by atoms with van der Waals surface area (Å²) in [6, 6.07) is 9.33. The molecule has 146 valence electrons.